The number of carbonyl (C=O) groups excluding carboxylic acids is 2. The van der Waals surface area contributed by atoms with E-state index in [0.717, 1.165) is 5.56 Å². The SMILES string of the molecule is COc1ccc(C(=O)NCC(=O)NC(C)c2ccc3[nH]c(=O)[nH]c3c2)cc1OC. The number of aromatic nitrogens is 2. The number of nitrogens with one attached hydrogen (secondary N) is 4. The lowest BCUT2D eigenvalue weighted by Crippen LogP contribution is -2.38. The van der Waals surface area contributed by atoms with E-state index in [4.69, 9.17) is 9.47 Å². The van der Waals surface area contributed by atoms with Crippen molar-refractivity contribution in [3.63, 3.8) is 0 Å². The van der Waals surface area contributed by atoms with Gasteiger partial charge in [0.25, 0.3) is 5.91 Å². The molecule has 3 aromatic rings. The number of ether oxygens (including phenoxy) is 2. The van der Waals surface area contributed by atoms with Crippen molar-refractivity contribution in [3.05, 3.63) is 58.0 Å². The van der Waals surface area contributed by atoms with Gasteiger partial charge in [-0.1, -0.05) is 6.07 Å². The van der Waals surface area contributed by atoms with E-state index in [9.17, 15) is 14.4 Å². The van der Waals surface area contributed by atoms with Crippen LogP contribution < -0.4 is 25.8 Å². The predicted molar refractivity (Wildman–Crippen MR) is 107 cm³/mol. The summed E-state index contributed by atoms with van der Waals surface area (Å²) in [5.41, 5.74) is 2.25. The Hall–Kier alpha value is -3.75. The Balaban J connectivity index is 1.58. The lowest BCUT2D eigenvalue weighted by atomic mass is 10.1. The molecule has 1 atom stereocenters. The van der Waals surface area contributed by atoms with Gasteiger partial charge >= 0.3 is 5.69 Å². The summed E-state index contributed by atoms with van der Waals surface area (Å²) in [5.74, 6) is 0.196. The summed E-state index contributed by atoms with van der Waals surface area (Å²) in [5, 5.41) is 5.39. The summed E-state index contributed by atoms with van der Waals surface area (Å²) >= 11 is 0. The van der Waals surface area contributed by atoms with Crippen LogP contribution in [-0.2, 0) is 4.79 Å². The lowest BCUT2D eigenvalue weighted by Gasteiger charge is -2.15. The third-order valence-corrected chi connectivity index (χ3v) is 4.47. The number of methoxy groups -OCH3 is 2. The van der Waals surface area contributed by atoms with Crippen molar-refractivity contribution in [2.75, 3.05) is 20.8 Å². The summed E-state index contributed by atoms with van der Waals surface area (Å²) in [6.45, 7) is 1.64. The molecule has 9 heteroatoms. The molecule has 4 N–H and O–H groups in total. The van der Waals surface area contributed by atoms with E-state index in [1.165, 1.54) is 14.2 Å². The van der Waals surface area contributed by atoms with E-state index < -0.39 is 5.91 Å². The van der Waals surface area contributed by atoms with E-state index in [1.54, 1.807) is 30.3 Å². The van der Waals surface area contributed by atoms with Crippen LogP contribution in [0.3, 0.4) is 0 Å². The highest BCUT2D eigenvalue weighted by atomic mass is 16.5. The second kappa shape index (κ2) is 8.51. The maximum Gasteiger partial charge on any atom is 0.323 e. The second-order valence-corrected chi connectivity index (χ2v) is 6.43. The van der Waals surface area contributed by atoms with E-state index in [2.05, 4.69) is 20.6 Å². The minimum atomic E-state index is -0.403. The zero-order valence-corrected chi connectivity index (χ0v) is 16.3. The molecule has 1 heterocycles. The molecule has 0 fully saturated rings. The summed E-state index contributed by atoms with van der Waals surface area (Å²) in [7, 11) is 2.99. The van der Waals surface area contributed by atoms with Crippen LogP contribution in [0.2, 0.25) is 0 Å². The minimum absolute atomic E-state index is 0.180. The fraction of sp³-hybridized carbons (Fsp3) is 0.250. The molecule has 3 rings (SSSR count). The van der Waals surface area contributed by atoms with Gasteiger partial charge in [0, 0.05) is 5.56 Å². The fourth-order valence-corrected chi connectivity index (χ4v) is 2.94. The fourth-order valence-electron chi connectivity index (χ4n) is 2.94. The Morgan fingerprint density at radius 2 is 1.72 bits per heavy atom. The molecule has 9 nitrogen and oxygen atoms in total. The molecule has 0 spiro atoms. The second-order valence-electron chi connectivity index (χ2n) is 6.43. The number of hydrogen-bond donors (Lipinski definition) is 4. The third-order valence-electron chi connectivity index (χ3n) is 4.47. The van der Waals surface area contributed by atoms with Gasteiger partial charge in [-0.15, -0.1) is 0 Å². The highest BCUT2D eigenvalue weighted by Gasteiger charge is 2.14. The molecule has 2 aromatic carbocycles. The maximum absolute atomic E-state index is 12.3. The van der Waals surface area contributed by atoms with Crippen molar-refractivity contribution in [3.8, 4) is 11.5 Å². The van der Waals surface area contributed by atoms with E-state index in [0.29, 0.717) is 28.1 Å². The first-order chi connectivity index (χ1) is 13.9. The Labute approximate surface area is 166 Å². The molecule has 0 saturated heterocycles. The molecule has 0 bridgehead atoms. The van der Waals surface area contributed by atoms with Gasteiger partial charge in [-0.05, 0) is 42.8 Å². The standard InChI is InChI=1S/C20H22N4O5/c1-11(12-4-6-14-15(8-12)24-20(27)23-14)22-18(25)10-21-19(26)13-5-7-16(28-2)17(9-13)29-3/h4-9,11H,10H2,1-3H3,(H,21,26)(H,22,25)(H2,23,24,27). The molecule has 2 amide bonds. The minimum Gasteiger partial charge on any atom is -0.493 e. The van der Waals surface area contributed by atoms with E-state index in [1.807, 2.05) is 13.0 Å². The van der Waals surface area contributed by atoms with Gasteiger partial charge in [0.05, 0.1) is 37.8 Å². The van der Waals surface area contributed by atoms with Gasteiger partial charge in [-0.2, -0.15) is 0 Å². The highest BCUT2D eigenvalue weighted by molar-refractivity contribution is 5.97. The first-order valence-electron chi connectivity index (χ1n) is 8.92. The van der Waals surface area contributed by atoms with Crippen LogP contribution in [0.15, 0.2) is 41.2 Å². The summed E-state index contributed by atoms with van der Waals surface area (Å²) < 4.78 is 10.3. The Kier molecular flexibility index (Phi) is 5.87. The summed E-state index contributed by atoms with van der Waals surface area (Å²) in [6, 6.07) is 9.83. The number of hydrogen-bond acceptors (Lipinski definition) is 5. The van der Waals surface area contributed by atoms with Crippen molar-refractivity contribution in [1.29, 1.82) is 0 Å². The predicted octanol–water partition coefficient (Wildman–Crippen LogP) is 1.48. The van der Waals surface area contributed by atoms with Gasteiger partial charge < -0.3 is 30.1 Å². The number of carbonyl (C=O) groups is 2. The molecular formula is C20H22N4O5. The van der Waals surface area contributed by atoms with Crippen LogP contribution in [-0.4, -0.2) is 42.5 Å². The van der Waals surface area contributed by atoms with Crippen LogP contribution in [0.25, 0.3) is 11.0 Å². The molecule has 0 aliphatic heterocycles. The van der Waals surface area contributed by atoms with Crippen LogP contribution in [0.1, 0.15) is 28.9 Å². The molecule has 0 aliphatic rings. The van der Waals surface area contributed by atoms with Crippen LogP contribution in [0, 0.1) is 0 Å². The molecular weight excluding hydrogens is 376 g/mol. The smallest absolute Gasteiger partial charge is 0.323 e. The normalized spacial score (nSPS) is 11.7. The van der Waals surface area contributed by atoms with Crippen molar-refractivity contribution in [2.45, 2.75) is 13.0 Å². The molecule has 29 heavy (non-hydrogen) atoms. The summed E-state index contributed by atoms with van der Waals surface area (Å²) in [4.78, 5) is 41.2. The van der Waals surface area contributed by atoms with Crippen molar-refractivity contribution in [2.24, 2.45) is 0 Å². The summed E-state index contributed by atoms with van der Waals surface area (Å²) in [6.07, 6.45) is 0. The van der Waals surface area contributed by atoms with Gasteiger partial charge in [0.1, 0.15) is 0 Å². The lowest BCUT2D eigenvalue weighted by molar-refractivity contribution is -0.120. The van der Waals surface area contributed by atoms with Gasteiger partial charge in [0.2, 0.25) is 5.91 Å². The molecule has 1 aromatic heterocycles. The number of rotatable bonds is 7. The average Bonchev–Trinajstić information content (AvgIpc) is 3.10. The third kappa shape index (κ3) is 4.57. The van der Waals surface area contributed by atoms with Crippen LogP contribution in [0.5, 0.6) is 11.5 Å². The van der Waals surface area contributed by atoms with E-state index >= 15 is 0 Å². The van der Waals surface area contributed by atoms with Gasteiger partial charge in [0.15, 0.2) is 11.5 Å². The first-order valence-corrected chi connectivity index (χ1v) is 8.92. The van der Waals surface area contributed by atoms with Crippen LogP contribution in [0.4, 0.5) is 0 Å². The number of imidazole rings is 1. The largest absolute Gasteiger partial charge is 0.493 e. The topological polar surface area (TPSA) is 125 Å². The average molecular weight is 398 g/mol. The Bertz CT molecular complexity index is 1100. The maximum atomic E-state index is 12.3. The zero-order chi connectivity index (χ0) is 21.0. The Morgan fingerprint density at radius 3 is 2.45 bits per heavy atom. The quantitative estimate of drug-likeness (QED) is 0.480. The molecule has 1 unspecified atom stereocenters. The van der Waals surface area contributed by atoms with Crippen molar-refractivity contribution in [1.82, 2.24) is 20.6 Å². The van der Waals surface area contributed by atoms with Crippen molar-refractivity contribution < 1.29 is 19.1 Å². The molecule has 0 saturated carbocycles. The first kappa shape index (κ1) is 20.0. The molecule has 152 valence electrons. The Morgan fingerprint density at radius 1 is 1.00 bits per heavy atom. The number of amides is 2. The van der Waals surface area contributed by atoms with Gasteiger partial charge in [-0.3, -0.25) is 9.59 Å². The number of benzene rings is 2. The zero-order valence-electron chi connectivity index (χ0n) is 16.3. The molecule has 0 radical (unpaired) electrons. The van der Waals surface area contributed by atoms with Crippen molar-refractivity contribution >= 4 is 22.8 Å². The van der Waals surface area contributed by atoms with Gasteiger partial charge in [-0.25, -0.2) is 4.79 Å². The monoisotopic (exact) mass is 398 g/mol. The number of aromatic amines is 2. The van der Waals surface area contributed by atoms with E-state index in [-0.39, 0.29) is 24.2 Å². The molecule has 0 aliphatic carbocycles. The number of fused-ring (bicyclic) bond motifs is 1. The highest BCUT2D eigenvalue weighted by Crippen LogP contribution is 2.27. The van der Waals surface area contributed by atoms with Crippen LogP contribution >= 0.6 is 0 Å². The number of H-pyrrole nitrogens is 2.